The summed E-state index contributed by atoms with van der Waals surface area (Å²) in [6.45, 7) is 13.0. The van der Waals surface area contributed by atoms with Gasteiger partial charge in [-0.1, -0.05) is 68.8 Å². The quantitative estimate of drug-likeness (QED) is 0.523. The molecule has 0 N–H and O–H groups in total. The summed E-state index contributed by atoms with van der Waals surface area (Å²) in [5, 5.41) is 1.32. The minimum Gasteiger partial charge on any atom is -0.122 e. The number of hydrogen-bond donors (Lipinski definition) is 0. The minimum atomic E-state index is 0.553. The van der Waals surface area contributed by atoms with Crippen molar-refractivity contribution >= 4 is 28.9 Å². The summed E-state index contributed by atoms with van der Waals surface area (Å²) in [6, 6.07) is 14.6. The molecule has 0 heterocycles. The standard InChI is InChI=1S/C20H23ClS/c1-13(2)15(5)22-20-11-10-16(21)12-19(20)18-9-7-6-8-17(18)14(3)4/h6-13,15H,3H2,1-2,4-5H3. The van der Waals surface area contributed by atoms with Crippen molar-refractivity contribution in [3.8, 4) is 11.1 Å². The highest BCUT2D eigenvalue weighted by atomic mass is 35.5. The molecule has 0 saturated heterocycles. The van der Waals surface area contributed by atoms with Crippen molar-refractivity contribution in [1.29, 1.82) is 0 Å². The molecular weight excluding hydrogens is 308 g/mol. The fourth-order valence-corrected chi connectivity index (χ4v) is 3.53. The maximum absolute atomic E-state index is 6.27. The van der Waals surface area contributed by atoms with Crippen molar-refractivity contribution in [2.75, 3.05) is 0 Å². The zero-order chi connectivity index (χ0) is 16.3. The monoisotopic (exact) mass is 330 g/mol. The molecule has 2 rings (SSSR count). The molecule has 0 bridgehead atoms. The van der Waals surface area contributed by atoms with Gasteiger partial charge in [0, 0.05) is 15.2 Å². The Morgan fingerprint density at radius 2 is 1.73 bits per heavy atom. The zero-order valence-electron chi connectivity index (χ0n) is 13.7. The Morgan fingerprint density at radius 3 is 2.36 bits per heavy atom. The molecule has 1 unspecified atom stereocenters. The third-order valence-electron chi connectivity index (χ3n) is 3.87. The molecule has 22 heavy (non-hydrogen) atoms. The van der Waals surface area contributed by atoms with Gasteiger partial charge in [-0.2, -0.15) is 0 Å². The van der Waals surface area contributed by atoms with Crippen LogP contribution < -0.4 is 0 Å². The van der Waals surface area contributed by atoms with E-state index < -0.39 is 0 Å². The fraction of sp³-hybridized carbons (Fsp3) is 0.300. The van der Waals surface area contributed by atoms with Crippen LogP contribution in [0.3, 0.4) is 0 Å². The summed E-state index contributed by atoms with van der Waals surface area (Å²) in [6.07, 6.45) is 0. The number of allylic oxidation sites excluding steroid dienone is 1. The molecule has 2 aromatic rings. The summed E-state index contributed by atoms with van der Waals surface area (Å²) in [4.78, 5) is 1.28. The van der Waals surface area contributed by atoms with Crippen molar-refractivity contribution in [2.24, 2.45) is 5.92 Å². The van der Waals surface area contributed by atoms with E-state index in [0.29, 0.717) is 11.2 Å². The Kier molecular flexibility index (Phi) is 5.77. The maximum atomic E-state index is 6.27. The van der Waals surface area contributed by atoms with Crippen molar-refractivity contribution in [2.45, 2.75) is 37.8 Å². The Morgan fingerprint density at radius 1 is 1.05 bits per heavy atom. The van der Waals surface area contributed by atoms with Gasteiger partial charge in [-0.25, -0.2) is 0 Å². The van der Waals surface area contributed by atoms with Gasteiger partial charge >= 0.3 is 0 Å². The van der Waals surface area contributed by atoms with Gasteiger partial charge in [-0.3, -0.25) is 0 Å². The number of rotatable bonds is 5. The first kappa shape index (κ1) is 17.2. The predicted octanol–water partition coefficient (Wildman–Crippen LogP) is 7.18. The predicted molar refractivity (Wildman–Crippen MR) is 102 cm³/mol. The topological polar surface area (TPSA) is 0 Å². The van der Waals surface area contributed by atoms with E-state index in [1.165, 1.54) is 21.6 Å². The molecule has 0 saturated carbocycles. The van der Waals surface area contributed by atoms with Crippen molar-refractivity contribution in [3.63, 3.8) is 0 Å². The van der Waals surface area contributed by atoms with Crippen LogP contribution in [0.15, 0.2) is 53.9 Å². The maximum Gasteiger partial charge on any atom is 0.0412 e. The van der Waals surface area contributed by atoms with Crippen LogP contribution in [0.5, 0.6) is 0 Å². The van der Waals surface area contributed by atoms with Gasteiger partial charge in [0.15, 0.2) is 0 Å². The third-order valence-corrected chi connectivity index (χ3v) is 5.63. The summed E-state index contributed by atoms with van der Waals surface area (Å²) >= 11 is 8.18. The minimum absolute atomic E-state index is 0.553. The van der Waals surface area contributed by atoms with Gasteiger partial charge < -0.3 is 0 Å². The molecule has 0 fully saturated rings. The Hall–Kier alpha value is -1.18. The second-order valence-corrected chi connectivity index (χ2v) is 7.89. The third kappa shape index (κ3) is 3.97. The molecule has 116 valence electrons. The van der Waals surface area contributed by atoms with E-state index in [-0.39, 0.29) is 0 Å². The highest BCUT2D eigenvalue weighted by Gasteiger charge is 2.15. The molecule has 0 aliphatic rings. The molecule has 1 atom stereocenters. The number of benzene rings is 2. The van der Waals surface area contributed by atoms with Crippen LogP contribution in [0.2, 0.25) is 5.02 Å². The molecule has 2 heteroatoms. The first-order valence-corrected chi connectivity index (χ1v) is 8.87. The van der Waals surface area contributed by atoms with Gasteiger partial charge in [0.25, 0.3) is 0 Å². The largest absolute Gasteiger partial charge is 0.122 e. The van der Waals surface area contributed by atoms with Gasteiger partial charge in [0.2, 0.25) is 0 Å². The second kappa shape index (κ2) is 7.39. The average Bonchev–Trinajstić information content (AvgIpc) is 2.48. The van der Waals surface area contributed by atoms with E-state index in [2.05, 4.69) is 63.7 Å². The van der Waals surface area contributed by atoms with Crippen LogP contribution in [-0.4, -0.2) is 5.25 Å². The summed E-state index contributed by atoms with van der Waals surface area (Å²) in [5.41, 5.74) is 4.66. The van der Waals surface area contributed by atoms with Crippen LogP contribution in [0.1, 0.15) is 33.3 Å². The molecule has 0 nitrogen and oxygen atoms in total. The lowest BCUT2D eigenvalue weighted by molar-refractivity contribution is 0.642. The fourth-order valence-electron chi connectivity index (χ4n) is 2.24. The molecule has 0 radical (unpaired) electrons. The average molecular weight is 331 g/mol. The SMILES string of the molecule is C=C(C)c1ccccc1-c1cc(Cl)ccc1SC(C)C(C)C. The van der Waals surface area contributed by atoms with Gasteiger partial charge in [0.05, 0.1) is 0 Å². The van der Waals surface area contributed by atoms with E-state index in [0.717, 1.165) is 10.6 Å². The summed E-state index contributed by atoms with van der Waals surface area (Å²) in [7, 11) is 0. The van der Waals surface area contributed by atoms with E-state index >= 15 is 0 Å². The highest BCUT2D eigenvalue weighted by molar-refractivity contribution is 8.00. The second-order valence-electron chi connectivity index (χ2n) is 6.03. The van der Waals surface area contributed by atoms with E-state index in [1.807, 2.05) is 24.8 Å². The molecule has 2 aromatic carbocycles. The Bertz CT molecular complexity index is 673. The number of thioether (sulfide) groups is 1. The van der Waals surface area contributed by atoms with Crippen LogP contribution in [-0.2, 0) is 0 Å². The normalized spacial score (nSPS) is 12.5. The number of halogens is 1. The van der Waals surface area contributed by atoms with E-state index in [9.17, 15) is 0 Å². The van der Waals surface area contributed by atoms with Gasteiger partial charge in [-0.15, -0.1) is 11.8 Å². The number of hydrogen-bond acceptors (Lipinski definition) is 1. The lowest BCUT2D eigenvalue weighted by Gasteiger charge is -2.19. The van der Waals surface area contributed by atoms with Crippen LogP contribution in [0, 0.1) is 5.92 Å². The molecule has 0 amide bonds. The summed E-state index contributed by atoms with van der Waals surface area (Å²) in [5.74, 6) is 0.630. The molecular formula is C20H23ClS. The van der Waals surface area contributed by atoms with E-state index in [4.69, 9.17) is 11.6 Å². The van der Waals surface area contributed by atoms with Crippen molar-refractivity contribution in [1.82, 2.24) is 0 Å². The molecule has 0 spiro atoms. The lowest BCUT2D eigenvalue weighted by atomic mass is 9.96. The zero-order valence-corrected chi connectivity index (χ0v) is 15.3. The van der Waals surface area contributed by atoms with Crippen molar-refractivity contribution < 1.29 is 0 Å². The molecule has 0 aromatic heterocycles. The van der Waals surface area contributed by atoms with Crippen molar-refractivity contribution in [3.05, 3.63) is 59.6 Å². The lowest BCUT2D eigenvalue weighted by Crippen LogP contribution is -2.05. The Balaban J connectivity index is 2.55. The Labute approximate surface area is 143 Å². The van der Waals surface area contributed by atoms with Gasteiger partial charge in [0.1, 0.15) is 0 Å². The highest BCUT2D eigenvalue weighted by Crippen LogP contribution is 2.39. The molecule has 0 aliphatic heterocycles. The first-order valence-electron chi connectivity index (χ1n) is 7.61. The summed E-state index contributed by atoms with van der Waals surface area (Å²) < 4.78 is 0. The van der Waals surface area contributed by atoms with Crippen LogP contribution in [0.4, 0.5) is 0 Å². The van der Waals surface area contributed by atoms with E-state index in [1.54, 1.807) is 0 Å². The molecule has 0 aliphatic carbocycles. The first-order chi connectivity index (χ1) is 10.4. The van der Waals surface area contributed by atoms with Crippen LogP contribution >= 0.6 is 23.4 Å². The smallest absolute Gasteiger partial charge is 0.0412 e. The van der Waals surface area contributed by atoms with Crippen LogP contribution in [0.25, 0.3) is 16.7 Å². The van der Waals surface area contributed by atoms with Gasteiger partial charge in [-0.05, 0) is 47.7 Å².